The molecule has 0 fully saturated rings. The molecule has 100 valence electrons. The molecule has 0 amide bonds. The molecule has 0 radical (unpaired) electrons. The Labute approximate surface area is 112 Å². The van der Waals surface area contributed by atoms with Gasteiger partial charge in [-0.15, -0.1) is 0 Å². The molecule has 1 aromatic carbocycles. The molecule has 1 nitrogen and oxygen atoms in total. The summed E-state index contributed by atoms with van der Waals surface area (Å²) in [5.41, 5.74) is 12.1. The van der Waals surface area contributed by atoms with Gasteiger partial charge in [0.15, 0.2) is 0 Å². The Morgan fingerprint density at radius 2 is 1.50 bits per heavy atom. The van der Waals surface area contributed by atoms with Gasteiger partial charge in [-0.3, -0.25) is 0 Å². The molecule has 1 aliphatic carbocycles. The SMILES string of the molecule is CCCc1cc2c(cc1N)C(C)(C)CCC2(C)C. The lowest BCUT2D eigenvalue weighted by Gasteiger charge is -2.42. The minimum atomic E-state index is 0.268. The summed E-state index contributed by atoms with van der Waals surface area (Å²) in [5, 5.41) is 0. The third-order valence-corrected chi connectivity index (χ3v) is 4.63. The van der Waals surface area contributed by atoms with Gasteiger partial charge in [-0.05, 0) is 52.8 Å². The molecule has 0 spiro atoms. The first-order chi connectivity index (χ1) is 8.28. The second-order valence-corrected chi connectivity index (χ2v) is 7.11. The van der Waals surface area contributed by atoms with Crippen LogP contribution in [-0.4, -0.2) is 0 Å². The highest BCUT2D eigenvalue weighted by molar-refractivity contribution is 5.56. The van der Waals surface area contributed by atoms with Crippen molar-refractivity contribution in [3.63, 3.8) is 0 Å². The summed E-state index contributed by atoms with van der Waals surface area (Å²) in [6.07, 6.45) is 4.77. The molecule has 2 N–H and O–H groups in total. The zero-order valence-electron chi connectivity index (χ0n) is 12.6. The Hall–Kier alpha value is -0.980. The lowest BCUT2D eigenvalue weighted by atomic mass is 9.62. The number of benzene rings is 1. The van der Waals surface area contributed by atoms with Crippen LogP contribution in [-0.2, 0) is 17.3 Å². The highest BCUT2D eigenvalue weighted by Crippen LogP contribution is 2.47. The van der Waals surface area contributed by atoms with Crippen LogP contribution in [0.4, 0.5) is 5.69 Å². The van der Waals surface area contributed by atoms with Crippen molar-refractivity contribution in [1.82, 2.24) is 0 Å². The molecule has 0 bridgehead atoms. The van der Waals surface area contributed by atoms with E-state index in [4.69, 9.17) is 5.73 Å². The average molecular weight is 245 g/mol. The van der Waals surface area contributed by atoms with Crippen LogP contribution in [0.1, 0.15) is 70.6 Å². The third-order valence-electron chi connectivity index (χ3n) is 4.63. The van der Waals surface area contributed by atoms with E-state index in [1.165, 1.54) is 29.5 Å². The van der Waals surface area contributed by atoms with Gasteiger partial charge in [0.25, 0.3) is 0 Å². The highest BCUT2D eigenvalue weighted by atomic mass is 14.6. The van der Waals surface area contributed by atoms with Crippen LogP contribution in [0.3, 0.4) is 0 Å². The Balaban J connectivity index is 2.61. The first-order valence-electron chi connectivity index (χ1n) is 7.21. The van der Waals surface area contributed by atoms with Crippen LogP contribution in [0.2, 0.25) is 0 Å². The van der Waals surface area contributed by atoms with Gasteiger partial charge < -0.3 is 5.73 Å². The largest absolute Gasteiger partial charge is 0.398 e. The van der Waals surface area contributed by atoms with E-state index >= 15 is 0 Å². The molecule has 0 aliphatic heterocycles. The van der Waals surface area contributed by atoms with Crippen LogP contribution in [0.5, 0.6) is 0 Å². The van der Waals surface area contributed by atoms with E-state index in [2.05, 4.69) is 46.8 Å². The number of hydrogen-bond donors (Lipinski definition) is 1. The molecular weight excluding hydrogens is 218 g/mol. The summed E-state index contributed by atoms with van der Waals surface area (Å²) in [5.74, 6) is 0. The third kappa shape index (κ3) is 2.15. The van der Waals surface area contributed by atoms with E-state index in [9.17, 15) is 0 Å². The van der Waals surface area contributed by atoms with Gasteiger partial charge in [0, 0.05) is 5.69 Å². The van der Waals surface area contributed by atoms with Gasteiger partial charge in [0.05, 0.1) is 0 Å². The fourth-order valence-electron chi connectivity index (χ4n) is 3.16. The maximum atomic E-state index is 6.24. The quantitative estimate of drug-likeness (QED) is 0.759. The van der Waals surface area contributed by atoms with Gasteiger partial charge in [-0.2, -0.15) is 0 Å². The van der Waals surface area contributed by atoms with Crippen molar-refractivity contribution in [3.05, 3.63) is 28.8 Å². The van der Waals surface area contributed by atoms with Gasteiger partial charge in [0.1, 0.15) is 0 Å². The van der Waals surface area contributed by atoms with Crippen LogP contribution in [0, 0.1) is 0 Å². The van der Waals surface area contributed by atoms with E-state index in [-0.39, 0.29) is 5.41 Å². The van der Waals surface area contributed by atoms with Crippen molar-refractivity contribution in [2.45, 2.75) is 71.1 Å². The lowest BCUT2D eigenvalue weighted by molar-refractivity contribution is 0.332. The summed E-state index contributed by atoms with van der Waals surface area (Å²) in [4.78, 5) is 0. The van der Waals surface area contributed by atoms with Crippen molar-refractivity contribution >= 4 is 5.69 Å². The topological polar surface area (TPSA) is 26.0 Å². The number of nitrogens with two attached hydrogens (primary N) is 1. The molecule has 0 atom stereocenters. The van der Waals surface area contributed by atoms with Gasteiger partial charge in [-0.25, -0.2) is 0 Å². The predicted molar refractivity (Wildman–Crippen MR) is 80.1 cm³/mol. The number of anilines is 1. The minimum absolute atomic E-state index is 0.268. The van der Waals surface area contributed by atoms with Gasteiger partial charge in [0.2, 0.25) is 0 Å². The summed E-state index contributed by atoms with van der Waals surface area (Å²) >= 11 is 0. The highest BCUT2D eigenvalue weighted by Gasteiger charge is 2.37. The summed E-state index contributed by atoms with van der Waals surface area (Å²) in [6.45, 7) is 11.6. The molecule has 18 heavy (non-hydrogen) atoms. The molecule has 0 unspecified atom stereocenters. The monoisotopic (exact) mass is 245 g/mol. The zero-order chi connectivity index (χ0) is 13.6. The fourth-order valence-corrected chi connectivity index (χ4v) is 3.16. The Morgan fingerprint density at radius 1 is 1.00 bits per heavy atom. The Bertz CT molecular complexity index is 455. The van der Waals surface area contributed by atoms with Gasteiger partial charge >= 0.3 is 0 Å². The van der Waals surface area contributed by atoms with E-state index < -0.39 is 0 Å². The van der Waals surface area contributed by atoms with E-state index in [0.717, 1.165) is 18.5 Å². The van der Waals surface area contributed by atoms with E-state index in [0.29, 0.717) is 5.41 Å². The molecule has 0 aromatic heterocycles. The van der Waals surface area contributed by atoms with Crippen molar-refractivity contribution in [2.75, 3.05) is 5.73 Å². The first-order valence-corrected chi connectivity index (χ1v) is 7.21. The zero-order valence-corrected chi connectivity index (χ0v) is 12.6. The van der Waals surface area contributed by atoms with E-state index in [1.807, 2.05) is 0 Å². The Morgan fingerprint density at radius 3 is 2.00 bits per heavy atom. The molecule has 1 heteroatoms. The molecule has 0 heterocycles. The first kappa shape index (κ1) is 13.5. The van der Waals surface area contributed by atoms with Crippen LogP contribution >= 0.6 is 0 Å². The van der Waals surface area contributed by atoms with Crippen molar-refractivity contribution in [3.8, 4) is 0 Å². The van der Waals surface area contributed by atoms with Crippen LogP contribution in [0.15, 0.2) is 12.1 Å². The number of aryl methyl sites for hydroxylation is 1. The molecule has 2 rings (SSSR count). The number of fused-ring (bicyclic) bond motifs is 1. The standard InChI is InChI=1S/C17H27N/c1-6-7-12-10-13-14(11-15(12)18)17(4,5)9-8-16(13,2)3/h10-11H,6-9,18H2,1-5H3. The summed E-state index contributed by atoms with van der Waals surface area (Å²) in [6, 6.07) is 4.64. The predicted octanol–water partition coefficient (Wildman–Crippen LogP) is 4.57. The second kappa shape index (κ2) is 4.29. The summed E-state index contributed by atoms with van der Waals surface area (Å²) < 4.78 is 0. The van der Waals surface area contributed by atoms with Crippen molar-refractivity contribution in [2.24, 2.45) is 0 Å². The Kier molecular flexibility index (Phi) is 3.21. The fraction of sp³-hybridized carbons (Fsp3) is 0.647. The van der Waals surface area contributed by atoms with Crippen LogP contribution in [0.25, 0.3) is 0 Å². The number of nitrogen functional groups attached to an aromatic ring is 1. The van der Waals surface area contributed by atoms with Crippen LogP contribution < -0.4 is 5.73 Å². The van der Waals surface area contributed by atoms with Crippen molar-refractivity contribution < 1.29 is 0 Å². The number of rotatable bonds is 2. The van der Waals surface area contributed by atoms with E-state index in [1.54, 1.807) is 0 Å². The number of hydrogen-bond acceptors (Lipinski definition) is 1. The molecule has 0 saturated heterocycles. The normalized spacial score (nSPS) is 20.5. The molecular formula is C17H27N. The lowest BCUT2D eigenvalue weighted by Crippen LogP contribution is -2.34. The maximum Gasteiger partial charge on any atom is 0.0349 e. The smallest absolute Gasteiger partial charge is 0.0349 e. The molecule has 0 saturated carbocycles. The molecule has 1 aliphatic rings. The molecule has 1 aromatic rings. The maximum absolute atomic E-state index is 6.24. The summed E-state index contributed by atoms with van der Waals surface area (Å²) in [7, 11) is 0. The average Bonchev–Trinajstić information content (AvgIpc) is 2.27. The van der Waals surface area contributed by atoms with Gasteiger partial charge in [-0.1, -0.05) is 47.1 Å². The van der Waals surface area contributed by atoms with Crippen molar-refractivity contribution in [1.29, 1.82) is 0 Å². The second-order valence-electron chi connectivity index (χ2n) is 7.11. The minimum Gasteiger partial charge on any atom is -0.398 e.